The Morgan fingerprint density at radius 2 is 1.37 bits per heavy atom. The van der Waals surface area contributed by atoms with E-state index in [2.05, 4.69) is 23.7 Å². The lowest BCUT2D eigenvalue weighted by atomic mass is 9.98. The van der Waals surface area contributed by atoms with Crippen molar-refractivity contribution >= 4 is 35.8 Å². The van der Waals surface area contributed by atoms with Crippen LogP contribution in [0, 0.1) is 23.7 Å². The number of rotatable bonds is 14. The van der Waals surface area contributed by atoms with E-state index >= 15 is 0 Å². The first-order valence-corrected chi connectivity index (χ1v) is 14.3. The highest BCUT2D eigenvalue weighted by Crippen LogP contribution is 2.31. The summed E-state index contributed by atoms with van der Waals surface area (Å²) < 4.78 is 44.0. The van der Waals surface area contributed by atoms with E-state index in [1.165, 1.54) is 13.0 Å². The summed E-state index contributed by atoms with van der Waals surface area (Å²) in [6.07, 6.45) is -2.49. The van der Waals surface area contributed by atoms with Crippen LogP contribution in [0.25, 0.3) is 0 Å². The average Bonchev–Trinajstić information content (AvgIpc) is 2.94. The molecule has 46 heavy (non-hydrogen) atoms. The van der Waals surface area contributed by atoms with E-state index in [1.54, 1.807) is 25.2 Å². The zero-order valence-corrected chi connectivity index (χ0v) is 26.9. The molecule has 1 rings (SSSR count). The van der Waals surface area contributed by atoms with Crippen molar-refractivity contribution in [2.75, 3.05) is 13.2 Å². The normalized spacial score (nSPS) is 21.8. The first-order valence-electron chi connectivity index (χ1n) is 14.3. The Balaban J connectivity index is 3.67. The summed E-state index contributed by atoms with van der Waals surface area (Å²) in [7, 11) is 0. The SMILES string of the molecule is CC=CC#CC#CC(OC(C)=O)C(C=CCCCOC(C)=O)OC1OC(COC(C)=O)C(OC(C)=O)C(OC(C)=O)C1OC(C)=O. The van der Waals surface area contributed by atoms with Gasteiger partial charge >= 0.3 is 35.8 Å². The van der Waals surface area contributed by atoms with Crippen molar-refractivity contribution in [2.45, 2.75) is 104 Å². The lowest BCUT2D eigenvalue weighted by molar-refractivity contribution is -0.316. The zero-order valence-electron chi connectivity index (χ0n) is 26.9. The van der Waals surface area contributed by atoms with Crippen molar-refractivity contribution in [3.05, 3.63) is 24.3 Å². The monoisotopic (exact) mass is 648 g/mol. The summed E-state index contributed by atoms with van der Waals surface area (Å²) in [6.45, 7) is 8.32. The van der Waals surface area contributed by atoms with Gasteiger partial charge in [-0.3, -0.25) is 28.8 Å². The van der Waals surface area contributed by atoms with Crippen LogP contribution < -0.4 is 0 Å². The molecule has 1 heterocycles. The fourth-order valence-corrected chi connectivity index (χ4v) is 3.94. The van der Waals surface area contributed by atoms with Crippen molar-refractivity contribution in [2.24, 2.45) is 0 Å². The Bertz CT molecular complexity index is 1260. The van der Waals surface area contributed by atoms with E-state index in [1.807, 2.05) is 0 Å². The highest BCUT2D eigenvalue weighted by molar-refractivity contribution is 5.69. The summed E-state index contributed by atoms with van der Waals surface area (Å²) in [6, 6.07) is 0. The molecule has 0 N–H and O–H groups in total. The van der Waals surface area contributed by atoms with Crippen molar-refractivity contribution in [3.8, 4) is 23.7 Å². The van der Waals surface area contributed by atoms with Gasteiger partial charge in [-0.15, -0.1) is 0 Å². The Labute approximate surface area is 268 Å². The lowest BCUT2D eigenvalue weighted by Gasteiger charge is -2.44. The van der Waals surface area contributed by atoms with Gasteiger partial charge in [0.25, 0.3) is 0 Å². The zero-order chi connectivity index (χ0) is 34.6. The van der Waals surface area contributed by atoms with Crippen LogP contribution in [-0.2, 0) is 66.7 Å². The van der Waals surface area contributed by atoms with Gasteiger partial charge in [-0.25, -0.2) is 0 Å². The van der Waals surface area contributed by atoms with Crippen molar-refractivity contribution < 1.29 is 66.7 Å². The van der Waals surface area contributed by atoms with E-state index in [0.29, 0.717) is 12.8 Å². The van der Waals surface area contributed by atoms with E-state index in [9.17, 15) is 28.8 Å². The predicted octanol–water partition coefficient (Wildman–Crippen LogP) is 1.87. The van der Waals surface area contributed by atoms with E-state index in [0.717, 1.165) is 34.6 Å². The molecule has 0 aromatic heterocycles. The molecule has 1 aliphatic heterocycles. The van der Waals surface area contributed by atoms with E-state index < -0.39 is 85.3 Å². The minimum Gasteiger partial charge on any atom is -0.466 e. The molecule has 0 spiro atoms. The van der Waals surface area contributed by atoms with Crippen LogP contribution in [0.4, 0.5) is 0 Å². The molecule has 252 valence electrons. The number of unbranched alkanes of at least 4 members (excludes halogenated alkanes) is 1. The van der Waals surface area contributed by atoms with Gasteiger partial charge in [-0.2, -0.15) is 0 Å². The maximum atomic E-state index is 12.2. The Hall–Kier alpha value is -4.66. The number of esters is 6. The molecule has 14 nitrogen and oxygen atoms in total. The van der Waals surface area contributed by atoms with Crippen LogP contribution in [-0.4, -0.2) is 91.9 Å². The van der Waals surface area contributed by atoms with Crippen LogP contribution in [0.2, 0.25) is 0 Å². The molecule has 1 saturated heterocycles. The van der Waals surface area contributed by atoms with Gasteiger partial charge in [0, 0.05) is 41.5 Å². The number of hydrogen-bond acceptors (Lipinski definition) is 14. The number of carbonyl (C=O) groups excluding carboxylic acids is 6. The second kappa shape index (κ2) is 21.1. The van der Waals surface area contributed by atoms with Crippen LogP contribution in [0.5, 0.6) is 0 Å². The van der Waals surface area contributed by atoms with Gasteiger partial charge in [0.1, 0.15) is 18.8 Å². The second-order valence-electron chi connectivity index (χ2n) is 9.65. The van der Waals surface area contributed by atoms with Crippen LogP contribution in [0.3, 0.4) is 0 Å². The second-order valence-corrected chi connectivity index (χ2v) is 9.65. The molecule has 0 amide bonds. The van der Waals surface area contributed by atoms with Gasteiger partial charge in [-0.1, -0.05) is 24.1 Å². The van der Waals surface area contributed by atoms with Crippen LogP contribution in [0.15, 0.2) is 24.3 Å². The minimum absolute atomic E-state index is 0.151. The first-order chi connectivity index (χ1) is 21.7. The summed E-state index contributed by atoms with van der Waals surface area (Å²) in [5.41, 5.74) is 0. The third-order valence-corrected chi connectivity index (χ3v) is 5.58. The van der Waals surface area contributed by atoms with Gasteiger partial charge < -0.3 is 37.9 Å². The molecule has 1 fully saturated rings. The Morgan fingerprint density at radius 3 is 1.93 bits per heavy atom. The Kier molecular flexibility index (Phi) is 18.1. The van der Waals surface area contributed by atoms with Gasteiger partial charge in [-0.05, 0) is 43.6 Å². The summed E-state index contributed by atoms with van der Waals surface area (Å²) in [5.74, 6) is 6.32. The number of hydrogen-bond donors (Lipinski definition) is 0. The van der Waals surface area contributed by atoms with E-state index in [-0.39, 0.29) is 6.61 Å². The molecule has 0 saturated carbocycles. The largest absolute Gasteiger partial charge is 0.466 e. The molecule has 0 aromatic rings. The van der Waals surface area contributed by atoms with Crippen molar-refractivity contribution in [3.63, 3.8) is 0 Å². The minimum atomic E-state index is -1.58. The maximum Gasteiger partial charge on any atom is 0.303 e. The number of allylic oxidation sites excluding steroid dienone is 3. The van der Waals surface area contributed by atoms with Gasteiger partial charge in [0.15, 0.2) is 30.7 Å². The molecule has 0 bridgehead atoms. The van der Waals surface area contributed by atoms with E-state index in [4.69, 9.17) is 37.9 Å². The summed E-state index contributed by atoms with van der Waals surface area (Å²) >= 11 is 0. The molecule has 0 aliphatic carbocycles. The number of carbonyl (C=O) groups is 6. The van der Waals surface area contributed by atoms with Crippen molar-refractivity contribution in [1.82, 2.24) is 0 Å². The van der Waals surface area contributed by atoms with Crippen LogP contribution in [0.1, 0.15) is 61.3 Å². The van der Waals surface area contributed by atoms with Crippen molar-refractivity contribution in [1.29, 1.82) is 0 Å². The first kappa shape index (κ1) is 39.4. The molecular formula is C32H40O14. The smallest absolute Gasteiger partial charge is 0.303 e. The molecule has 1 aliphatic rings. The highest BCUT2D eigenvalue weighted by Gasteiger charge is 2.53. The third-order valence-electron chi connectivity index (χ3n) is 5.58. The van der Waals surface area contributed by atoms with Gasteiger partial charge in [0.2, 0.25) is 0 Å². The lowest BCUT2D eigenvalue weighted by Crippen LogP contribution is -2.63. The molecule has 14 heteroatoms. The maximum absolute atomic E-state index is 12.2. The summed E-state index contributed by atoms with van der Waals surface area (Å²) in [5, 5.41) is 0. The quantitative estimate of drug-likeness (QED) is 0.0877. The fraction of sp³-hybridized carbons (Fsp3) is 0.562. The molecular weight excluding hydrogens is 608 g/mol. The Morgan fingerprint density at radius 1 is 0.761 bits per heavy atom. The molecule has 7 unspecified atom stereocenters. The molecule has 7 atom stereocenters. The third kappa shape index (κ3) is 15.9. The summed E-state index contributed by atoms with van der Waals surface area (Å²) in [4.78, 5) is 71.2. The molecule has 0 aromatic carbocycles. The predicted molar refractivity (Wildman–Crippen MR) is 158 cm³/mol. The van der Waals surface area contributed by atoms with Gasteiger partial charge in [0.05, 0.1) is 6.61 Å². The molecule has 0 radical (unpaired) electrons. The standard InChI is InChI=1S/C32H40O14/c1-8-9-10-11-13-16-26(41-22(4)35)27(17-14-12-15-18-39-20(2)33)45-32-31(44-25(7)38)30(43-24(6)37)29(42-23(5)36)28(46-32)19-40-21(3)34/h8-9,14,17,26-32H,12,15,18-19H2,1-7H3. The fourth-order valence-electron chi connectivity index (χ4n) is 3.94. The average molecular weight is 649 g/mol. The number of ether oxygens (including phenoxy) is 8. The highest BCUT2D eigenvalue weighted by atomic mass is 16.7. The topological polar surface area (TPSA) is 176 Å². The van der Waals surface area contributed by atoms with Crippen LogP contribution >= 0.6 is 0 Å².